The van der Waals surface area contributed by atoms with Crippen molar-refractivity contribution in [2.45, 2.75) is 44.9 Å². The van der Waals surface area contributed by atoms with E-state index in [-0.39, 0.29) is 12.5 Å². The van der Waals surface area contributed by atoms with E-state index < -0.39 is 0 Å². The first-order valence-corrected chi connectivity index (χ1v) is 9.99. The van der Waals surface area contributed by atoms with Crippen LogP contribution in [0.4, 0.5) is 0 Å². The number of ether oxygens (including phenoxy) is 2. The van der Waals surface area contributed by atoms with Crippen LogP contribution in [-0.2, 0) is 30.5 Å². The number of amides is 1. The molecule has 0 aliphatic heterocycles. The van der Waals surface area contributed by atoms with Crippen molar-refractivity contribution < 1.29 is 14.3 Å². The van der Waals surface area contributed by atoms with Gasteiger partial charge in [-0.05, 0) is 91.5 Å². The number of benzene rings is 2. The van der Waals surface area contributed by atoms with Crippen molar-refractivity contribution in [1.29, 1.82) is 0 Å². The molecule has 0 spiro atoms. The molecular weight excluding hydrogens is 352 g/mol. The van der Waals surface area contributed by atoms with E-state index >= 15 is 0 Å². The average Bonchev–Trinajstić information content (AvgIpc) is 3.18. The molecule has 28 heavy (non-hydrogen) atoms. The summed E-state index contributed by atoms with van der Waals surface area (Å²) < 4.78 is 11.1. The number of methoxy groups -OCH3 is 1. The minimum atomic E-state index is -0.283. The molecule has 0 saturated heterocycles. The fraction of sp³-hybridized carbons (Fsp3) is 0.391. The molecule has 0 radical (unpaired) electrons. The number of hydrazone groups is 1. The molecule has 146 valence electrons. The second-order valence-corrected chi connectivity index (χ2v) is 7.44. The van der Waals surface area contributed by atoms with E-state index in [2.05, 4.69) is 34.8 Å². The largest absolute Gasteiger partial charge is 0.496 e. The predicted molar refractivity (Wildman–Crippen MR) is 109 cm³/mol. The van der Waals surface area contributed by atoms with Crippen LogP contribution in [0.15, 0.2) is 35.4 Å². The van der Waals surface area contributed by atoms with Crippen molar-refractivity contribution in [2.75, 3.05) is 13.7 Å². The molecule has 0 aromatic heterocycles. The summed E-state index contributed by atoms with van der Waals surface area (Å²) in [5.41, 5.74) is 8.83. The van der Waals surface area contributed by atoms with Gasteiger partial charge in [0.25, 0.3) is 5.91 Å². The highest BCUT2D eigenvalue weighted by atomic mass is 16.5. The molecule has 0 unspecified atom stereocenters. The molecule has 4 rings (SSSR count). The van der Waals surface area contributed by atoms with E-state index in [9.17, 15) is 4.79 Å². The van der Waals surface area contributed by atoms with Crippen molar-refractivity contribution in [3.05, 3.63) is 58.1 Å². The minimum Gasteiger partial charge on any atom is -0.496 e. The van der Waals surface area contributed by atoms with E-state index in [1.165, 1.54) is 41.5 Å². The number of aryl methyl sites for hydroxylation is 4. The van der Waals surface area contributed by atoms with Crippen molar-refractivity contribution in [3.63, 3.8) is 0 Å². The zero-order valence-corrected chi connectivity index (χ0v) is 16.3. The van der Waals surface area contributed by atoms with Gasteiger partial charge in [-0.25, -0.2) is 5.43 Å². The molecule has 2 aliphatic rings. The Kier molecular flexibility index (Phi) is 5.60. The summed E-state index contributed by atoms with van der Waals surface area (Å²) in [6, 6.07) is 10.3. The molecule has 2 aromatic carbocycles. The number of nitrogens with one attached hydrogen (secondary N) is 1. The third-order valence-electron chi connectivity index (χ3n) is 5.53. The van der Waals surface area contributed by atoms with Gasteiger partial charge in [0.15, 0.2) is 6.61 Å². The monoisotopic (exact) mass is 378 g/mol. The summed E-state index contributed by atoms with van der Waals surface area (Å²) in [4.78, 5) is 12.1. The van der Waals surface area contributed by atoms with E-state index in [1.54, 1.807) is 13.3 Å². The number of rotatable bonds is 6. The Labute approximate surface area is 165 Å². The first kappa shape index (κ1) is 18.5. The summed E-state index contributed by atoms with van der Waals surface area (Å²) in [6.07, 6.45) is 9.69. The second kappa shape index (κ2) is 8.46. The van der Waals surface area contributed by atoms with Gasteiger partial charge in [0.2, 0.25) is 0 Å². The van der Waals surface area contributed by atoms with Crippen LogP contribution in [0.2, 0.25) is 0 Å². The Morgan fingerprint density at radius 1 is 1.00 bits per heavy atom. The molecule has 0 fully saturated rings. The maximum absolute atomic E-state index is 12.1. The van der Waals surface area contributed by atoms with Gasteiger partial charge < -0.3 is 9.47 Å². The molecule has 1 N–H and O–H groups in total. The second-order valence-electron chi connectivity index (χ2n) is 7.44. The molecule has 0 heterocycles. The van der Waals surface area contributed by atoms with Gasteiger partial charge >= 0.3 is 0 Å². The average molecular weight is 378 g/mol. The highest BCUT2D eigenvalue weighted by Crippen LogP contribution is 2.29. The molecular formula is C23H26N2O3. The van der Waals surface area contributed by atoms with E-state index in [1.807, 2.05) is 6.07 Å². The Morgan fingerprint density at radius 2 is 1.71 bits per heavy atom. The van der Waals surface area contributed by atoms with Gasteiger partial charge in [-0.2, -0.15) is 5.10 Å². The van der Waals surface area contributed by atoms with Crippen LogP contribution < -0.4 is 14.9 Å². The van der Waals surface area contributed by atoms with Crippen LogP contribution in [0.25, 0.3) is 0 Å². The van der Waals surface area contributed by atoms with Crippen molar-refractivity contribution in [2.24, 2.45) is 5.10 Å². The molecule has 5 nitrogen and oxygen atoms in total. The summed E-state index contributed by atoms with van der Waals surface area (Å²) in [5.74, 6) is 1.23. The number of carbonyl (C=O) groups is 1. The van der Waals surface area contributed by atoms with E-state index in [0.29, 0.717) is 0 Å². The van der Waals surface area contributed by atoms with Crippen LogP contribution >= 0.6 is 0 Å². The zero-order chi connectivity index (χ0) is 19.3. The van der Waals surface area contributed by atoms with E-state index in [4.69, 9.17) is 9.47 Å². The molecule has 5 heteroatoms. The number of hydrogen-bond acceptors (Lipinski definition) is 4. The molecule has 2 aromatic rings. The Morgan fingerprint density at radius 3 is 2.54 bits per heavy atom. The predicted octanol–water partition coefficient (Wildman–Crippen LogP) is 3.59. The lowest BCUT2D eigenvalue weighted by Gasteiger charge is -2.16. The number of hydrogen-bond donors (Lipinski definition) is 1. The lowest BCUT2D eigenvalue weighted by atomic mass is 9.92. The van der Waals surface area contributed by atoms with E-state index in [0.717, 1.165) is 42.7 Å². The lowest BCUT2D eigenvalue weighted by molar-refractivity contribution is -0.123. The van der Waals surface area contributed by atoms with Crippen molar-refractivity contribution >= 4 is 12.1 Å². The maximum atomic E-state index is 12.1. The molecule has 2 aliphatic carbocycles. The number of fused-ring (bicyclic) bond motifs is 2. The molecule has 1 amide bonds. The minimum absolute atomic E-state index is 0.0581. The Balaban J connectivity index is 1.32. The van der Waals surface area contributed by atoms with Crippen molar-refractivity contribution in [3.8, 4) is 11.5 Å². The zero-order valence-electron chi connectivity index (χ0n) is 16.3. The van der Waals surface area contributed by atoms with Crippen LogP contribution in [-0.4, -0.2) is 25.8 Å². The lowest BCUT2D eigenvalue weighted by Crippen LogP contribution is -2.24. The third-order valence-corrected chi connectivity index (χ3v) is 5.53. The fourth-order valence-corrected chi connectivity index (χ4v) is 4.05. The van der Waals surface area contributed by atoms with Crippen LogP contribution in [0.1, 0.15) is 47.1 Å². The topological polar surface area (TPSA) is 59.9 Å². The Bertz CT molecular complexity index is 905. The Hall–Kier alpha value is -2.82. The number of carbonyl (C=O) groups excluding carboxylic acids is 1. The van der Waals surface area contributed by atoms with Crippen LogP contribution in [0.3, 0.4) is 0 Å². The van der Waals surface area contributed by atoms with Gasteiger partial charge in [0, 0.05) is 5.56 Å². The first-order chi connectivity index (χ1) is 13.7. The SMILES string of the molecule is COc1cc2c(cc1C=NNC(=O)COc1ccc3c(c1)CCCC3)CCC2. The van der Waals surface area contributed by atoms with Gasteiger partial charge in [-0.3, -0.25) is 4.79 Å². The maximum Gasteiger partial charge on any atom is 0.277 e. The molecule has 0 saturated carbocycles. The summed E-state index contributed by atoms with van der Waals surface area (Å²) in [6.45, 7) is -0.0581. The highest BCUT2D eigenvalue weighted by molar-refractivity contribution is 5.86. The standard InChI is InChI=1S/C23H26N2O3/c1-27-22-13-19-8-4-7-17(19)11-20(22)14-24-25-23(26)15-28-21-10-9-16-5-2-3-6-18(16)12-21/h9-14H,2-8,15H2,1H3,(H,25,26). The van der Waals surface area contributed by atoms with Crippen LogP contribution in [0, 0.1) is 0 Å². The highest BCUT2D eigenvalue weighted by Gasteiger charge is 2.14. The fourth-order valence-electron chi connectivity index (χ4n) is 4.05. The quantitative estimate of drug-likeness (QED) is 0.617. The first-order valence-electron chi connectivity index (χ1n) is 9.99. The summed E-state index contributed by atoms with van der Waals surface area (Å²) >= 11 is 0. The van der Waals surface area contributed by atoms with Gasteiger partial charge in [-0.15, -0.1) is 0 Å². The summed E-state index contributed by atoms with van der Waals surface area (Å²) in [7, 11) is 1.65. The number of nitrogens with zero attached hydrogens (tertiary/aromatic N) is 1. The smallest absolute Gasteiger partial charge is 0.277 e. The van der Waals surface area contributed by atoms with Gasteiger partial charge in [0.1, 0.15) is 11.5 Å². The normalized spacial score (nSPS) is 15.2. The summed E-state index contributed by atoms with van der Waals surface area (Å²) in [5, 5.41) is 4.07. The molecule has 0 bridgehead atoms. The van der Waals surface area contributed by atoms with Crippen LogP contribution in [0.5, 0.6) is 11.5 Å². The van der Waals surface area contributed by atoms with Gasteiger partial charge in [-0.1, -0.05) is 6.07 Å². The van der Waals surface area contributed by atoms with Gasteiger partial charge in [0.05, 0.1) is 13.3 Å². The van der Waals surface area contributed by atoms with Crippen molar-refractivity contribution in [1.82, 2.24) is 5.43 Å². The molecule has 0 atom stereocenters. The third kappa shape index (κ3) is 4.19.